The summed E-state index contributed by atoms with van der Waals surface area (Å²) in [6.45, 7) is 20.5. The number of carbonyl (C=O) groups excluding carboxylic acids is 4. The minimum absolute atomic E-state index is 0.0494. The molecule has 254 valence electrons. The van der Waals surface area contributed by atoms with Crippen molar-refractivity contribution in [3.05, 3.63) is 25.3 Å². The van der Waals surface area contributed by atoms with Gasteiger partial charge in [-0.05, 0) is 64.7 Å². The first-order valence-corrected chi connectivity index (χ1v) is 17.2. The molecule has 0 aromatic heterocycles. The second-order valence-electron chi connectivity index (χ2n) is 14.6. The Labute approximate surface area is 277 Å². The monoisotopic (exact) mass is 695 g/mol. The molecule has 3 heterocycles. The van der Waals surface area contributed by atoms with Crippen molar-refractivity contribution in [3.63, 3.8) is 0 Å². The van der Waals surface area contributed by atoms with Crippen molar-refractivity contribution in [3.8, 4) is 0 Å². The number of nitrogens with zero attached hydrogens (tertiary/aromatic N) is 2. The van der Waals surface area contributed by atoms with Crippen LogP contribution in [0.1, 0.15) is 86.5 Å². The van der Waals surface area contributed by atoms with Gasteiger partial charge in [0.1, 0.15) is 17.7 Å². The quantitative estimate of drug-likeness (QED) is 0.101. The van der Waals surface area contributed by atoms with Gasteiger partial charge in [0, 0.05) is 36.5 Å². The molecule has 2 N–H and O–H groups in total. The summed E-state index contributed by atoms with van der Waals surface area (Å²) in [5.41, 5.74) is -1.83. The fraction of sp³-hybridized carbons (Fsp3) is 0.765. The first kappa shape index (κ1) is 37.2. The van der Waals surface area contributed by atoms with Gasteiger partial charge in [0.15, 0.2) is 0 Å². The molecule has 11 heteroatoms. The highest BCUT2D eigenvalue weighted by molar-refractivity contribution is 9.09. The Morgan fingerprint density at radius 1 is 1.20 bits per heavy atom. The van der Waals surface area contributed by atoms with Crippen molar-refractivity contribution in [2.75, 3.05) is 26.2 Å². The summed E-state index contributed by atoms with van der Waals surface area (Å²) in [4.78, 5) is 58.2. The number of ether oxygens (including phenoxy) is 2. The molecule has 0 aromatic carbocycles. The summed E-state index contributed by atoms with van der Waals surface area (Å²) in [6.07, 6.45) is 5.96. The second-order valence-corrected chi connectivity index (χ2v) is 15.8. The van der Waals surface area contributed by atoms with Crippen LogP contribution in [0.25, 0.3) is 0 Å². The lowest BCUT2D eigenvalue weighted by Gasteiger charge is -2.45. The number of rotatable bonds is 17. The summed E-state index contributed by atoms with van der Waals surface area (Å²) >= 11 is 3.72. The number of aliphatic hydroxyl groups excluding tert-OH is 1. The number of hydrogen-bond donors (Lipinski definition) is 2. The van der Waals surface area contributed by atoms with E-state index < -0.39 is 47.2 Å². The van der Waals surface area contributed by atoms with Crippen LogP contribution in [0.15, 0.2) is 25.3 Å². The molecule has 10 nitrogen and oxygen atoms in total. The first-order chi connectivity index (χ1) is 21.0. The average Bonchev–Trinajstić information content (AvgIpc) is 3.53. The highest BCUT2D eigenvalue weighted by Gasteiger charge is 2.77. The van der Waals surface area contributed by atoms with Crippen LogP contribution in [0.3, 0.4) is 0 Å². The van der Waals surface area contributed by atoms with Crippen LogP contribution in [0.4, 0.5) is 0 Å². The van der Waals surface area contributed by atoms with Crippen molar-refractivity contribution in [2.45, 2.75) is 121 Å². The van der Waals surface area contributed by atoms with Gasteiger partial charge in [-0.2, -0.15) is 0 Å². The number of carbonyl (C=O) groups is 4. The average molecular weight is 697 g/mol. The molecule has 3 saturated heterocycles. The second kappa shape index (κ2) is 15.1. The van der Waals surface area contributed by atoms with Crippen LogP contribution >= 0.6 is 15.9 Å². The molecule has 3 aliphatic heterocycles. The van der Waals surface area contributed by atoms with Gasteiger partial charge in [-0.1, -0.05) is 48.9 Å². The molecule has 7 atom stereocenters. The summed E-state index contributed by atoms with van der Waals surface area (Å²) in [5, 5.41) is 12.1. The van der Waals surface area contributed by atoms with E-state index >= 15 is 0 Å². The number of fused-ring (bicyclic) bond motifs is 1. The van der Waals surface area contributed by atoms with Crippen LogP contribution < -0.4 is 5.32 Å². The highest BCUT2D eigenvalue weighted by Crippen LogP contribution is 2.60. The Morgan fingerprint density at radius 3 is 2.49 bits per heavy atom. The normalized spacial score (nSPS) is 28.0. The maximum absolute atomic E-state index is 14.8. The third kappa shape index (κ3) is 8.19. The van der Waals surface area contributed by atoms with Gasteiger partial charge >= 0.3 is 5.97 Å². The molecule has 0 aromatic rings. The van der Waals surface area contributed by atoms with Crippen molar-refractivity contribution in [1.29, 1.82) is 0 Å². The lowest BCUT2D eigenvalue weighted by Crippen LogP contribution is -2.61. The number of esters is 1. The van der Waals surface area contributed by atoms with E-state index in [4.69, 9.17) is 9.47 Å². The fourth-order valence-corrected chi connectivity index (χ4v) is 8.64. The Hall–Kier alpha value is -2.24. The number of allylic oxidation sites excluding steroid dienone is 1. The van der Waals surface area contributed by atoms with Crippen molar-refractivity contribution < 1.29 is 33.8 Å². The Bertz CT molecular complexity index is 1120. The molecule has 0 aliphatic carbocycles. The van der Waals surface area contributed by atoms with Gasteiger partial charge in [-0.15, -0.1) is 13.2 Å². The van der Waals surface area contributed by atoms with Crippen LogP contribution in [-0.2, 0) is 28.7 Å². The first-order valence-electron chi connectivity index (χ1n) is 16.3. The molecule has 3 amide bonds. The van der Waals surface area contributed by atoms with Crippen LogP contribution in [0.2, 0.25) is 0 Å². The lowest BCUT2D eigenvalue weighted by molar-refractivity contribution is -0.159. The summed E-state index contributed by atoms with van der Waals surface area (Å²) in [5.74, 6) is -3.00. The van der Waals surface area contributed by atoms with E-state index in [0.717, 1.165) is 0 Å². The standard InChI is InChI=1S/C34H54BrN3O7/c1-9-11-15-24(40)36-20-22(3)44-31(43)25-26-29(41)37(17-13-12-14-18-39)28(34(26)19-23(35)27(25)45-34)30(42)38(16-10-2)33(7,8)21-32(4,5)6/h9-10,22-23,25-28,39H,1-2,11-21H2,3-8H3,(H,36,40)/t22-,23?,25+,26-,27+,28+,34-/m1/s1. The number of alkyl halides is 1. The minimum atomic E-state index is -1.20. The SMILES string of the molecule is C=CCCC(=O)NC[C@@H](C)OC(=O)[C@@H]1[C@H]2O[C@@]3(CC2Br)[C@H](C(=O)N(CC=C)C(C)(C)CC(C)(C)C)N(CCCCCO)C(=O)[C@@H]13. The van der Waals surface area contributed by atoms with Gasteiger partial charge in [0.05, 0.1) is 24.5 Å². The molecule has 1 unspecified atom stereocenters. The van der Waals surface area contributed by atoms with E-state index in [1.807, 2.05) is 18.7 Å². The zero-order chi connectivity index (χ0) is 33.7. The summed E-state index contributed by atoms with van der Waals surface area (Å²) in [7, 11) is 0. The number of nitrogens with one attached hydrogen (secondary N) is 1. The van der Waals surface area contributed by atoms with Crippen LogP contribution in [0, 0.1) is 17.3 Å². The predicted molar refractivity (Wildman–Crippen MR) is 176 cm³/mol. The van der Waals surface area contributed by atoms with Gasteiger partial charge in [-0.3, -0.25) is 19.2 Å². The molecule has 2 bridgehead atoms. The molecule has 45 heavy (non-hydrogen) atoms. The number of halogens is 1. The fourth-order valence-electron chi connectivity index (χ4n) is 7.69. The molecule has 0 saturated carbocycles. The third-order valence-corrected chi connectivity index (χ3v) is 9.95. The van der Waals surface area contributed by atoms with Gasteiger partial charge in [0.25, 0.3) is 0 Å². The van der Waals surface area contributed by atoms with Gasteiger partial charge in [-0.25, -0.2) is 0 Å². The lowest BCUT2D eigenvalue weighted by atomic mass is 9.70. The Balaban J connectivity index is 1.95. The summed E-state index contributed by atoms with van der Waals surface area (Å²) in [6, 6.07) is -0.923. The molecule has 3 rings (SSSR count). The number of hydrogen-bond acceptors (Lipinski definition) is 7. The minimum Gasteiger partial charge on any atom is -0.460 e. The molecule has 3 aliphatic rings. The number of likely N-dealkylation sites (tertiary alicyclic amines) is 1. The zero-order valence-corrected chi connectivity index (χ0v) is 29.6. The summed E-state index contributed by atoms with van der Waals surface area (Å²) < 4.78 is 12.5. The molecular formula is C34H54BrN3O7. The predicted octanol–water partition coefficient (Wildman–Crippen LogP) is 4.14. The van der Waals surface area contributed by atoms with E-state index in [0.29, 0.717) is 58.0 Å². The molecule has 0 radical (unpaired) electrons. The van der Waals surface area contributed by atoms with E-state index in [1.54, 1.807) is 24.0 Å². The Morgan fingerprint density at radius 2 is 1.89 bits per heavy atom. The molecule has 3 fully saturated rings. The number of aliphatic hydroxyl groups is 1. The van der Waals surface area contributed by atoms with Gasteiger partial charge < -0.3 is 29.7 Å². The largest absolute Gasteiger partial charge is 0.460 e. The van der Waals surface area contributed by atoms with E-state index in [-0.39, 0.29) is 41.1 Å². The van der Waals surface area contributed by atoms with Crippen LogP contribution in [0.5, 0.6) is 0 Å². The number of amides is 3. The third-order valence-electron chi connectivity index (χ3n) is 9.10. The van der Waals surface area contributed by atoms with Crippen molar-refractivity contribution >= 4 is 39.6 Å². The Kier molecular flexibility index (Phi) is 12.5. The maximum atomic E-state index is 14.8. The zero-order valence-electron chi connectivity index (χ0n) is 28.0. The maximum Gasteiger partial charge on any atom is 0.312 e. The molecular weight excluding hydrogens is 642 g/mol. The highest BCUT2D eigenvalue weighted by atomic mass is 79.9. The van der Waals surface area contributed by atoms with E-state index in [1.165, 1.54) is 0 Å². The topological polar surface area (TPSA) is 125 Å². The number of unbranched alkanes of at least 4 members (excludes halogenated alkanes) is 2. The van der Waals surface area contributed by atoms with Crippen molar-refractivity contribution in [1.82, 2.24) is 15.1 Å². The van der Waals surface area contributed by atoms with Gasteiger partial charge in [0.2, 0.25) is 17.7 Å². The molecule has 1 spiro atoms. The van der Waals surface area contributed by atoms with E-state index in [9.17, 15) is 24.3 Å². The van der Waals surface area contributed by atoms with Crippen LogP contribution in [-0.4, -0.2) is 99.1 Å². The smallest absolute Gasteiger partial charge is 0.312 e. The van der Waals surface area contributed by atoms with Crippen molar-refractivity contribution in [2.24, 2.45) is 17.3 Å². The van der Waals surface area contributed by atoms with E-state index in [2.05, 4.69) is 55.2 Å².